The standard InChI is InChI=1S/C23H18N2O3/c26-20-15-24-21(16-9-3-1-4-10-16)18-13-7-8-14-19(18)25(20)22(23(27)28)17-11-5-2-6-12-17/h1-14,22H,15H2,(H,27,28). The van der Waals surface area contributed by atoms with Crippen molar-refractivity contribution in [1.82, 2.24) is 0 Å². The van der Waals surface area contributed by atoms with Crippen LogP contribution in [0.5, 0.6) is 0 Å². The van der Waals surface area contributed by atoms with Crippen LogP contribution in [0.4, 0.5) is 5.69 Å². The van der Waals surface area contributed by atoms with Crippen LogP contribution in [0.1, 0.15) is 22.7 Å². The lowest BCUT2D eigenvalue weighted by Gasteiger charge is -2.29. The minimum atomic E-state index is -1.12. The van der Waals surface area contributed by atoms with E-state index in [0.29, 0.717) is 17.0 Å². The number of benzene rings is 3. The van der Waals surface area contributed by atoms with E-state index in [-0.39, 0.29) is 12.5 Å². The minimum absolute atomic E-state index is 0.116. The molecule has 1 heterocycles. The lowest BCUT2D eigenvalue weighted by Crippen LogP contribution is -2.40. The second kappa shape index (κ2) is 7.48. The highest BCUT2D eigenvalue weighted by molar-refractivity contribution is 6.20. The number of para-hydroxylation sites is 1. The number of benzodiazepines with no additional fused rings is 1. The van der Waals surface area contributed by atoms with Gasteiger partial charge in [0.1, 0.15) is 6.54 Å². The average molecular weight is 370 g/mol. The summed E-state index contributed by atoms with van der Waals surface area (Å²) in [6, 6.07) is 24.6. The van der Waals surface area contributed by atoms with Gasteiger partial charge in [-0.25, -0.2) is 4.79 Å². The molecule has 1 amide bonds. The molecule has 1 atom stereocenters. The van der Waals surface area contributed by atoms with Crippen LogP contribution in [-0.2, 0) is 9.59 Å². The van der Waals surface area contributed by atoms with Crippen molar-refractivity contribution in [3.8, 4) is 0 Å². The lowest BCUT2D eigenvalue weighted by molar-refractivity contribution is -0.140. The summed E-state index contributed by atoms with van der Waals surface area (Å²) in [7, 11) is 0. The van der Waals surface area contributed by atoms with Crippen molar-refractivity contribution in [3.05, 3.63) is 102 Å². The van der Waals surface area contributed by atoms with Crippen LogP contribution in [0.15, 0.2) is 89.9 Å². The molecule has 1 N–H and O–H groups in total. The Hall–Kier alpha value is -3.73. The molecule has 28 heavy (non-hydrogen) atoms. The second-order valence-electron chi connectivity index (χ2n) is 6.46. The number of aliphatic carboxylic acids is 1. The predicted molar refractivity (Wildman–Crippen MR) is 108 cm³/mol. The molecule has 0 bridgehead atoms. The number of carbonyl (C=O) groups is 2. The van der Waals surface area contributed by atoms with Gasteiger partial charge in [0.2, 0.25) is 5.91 Å². The molecule has 4 rings (SSSR count). The summed E-state index contributed by atoms with van der Waals surface area (Å²) in [5, 5.41) is 9.97. The monoisotopic (exact) mass is 370 g/mol. The number of hydrogen-bond acceptors (Lipinski definition) is 3. The first-order valence-corrected chi connectivity index (χ1v) is 8.96. The Morgan fingerprint density at radius 3 is 2.18 bits per heavy atom. The molecule has 0 saturated heterocycles. The minimum Gasteiger partial charge on any atom is -0.479 e. The zero-order valence-electron chi connectivity index (χ0n) is 15.0. The topological polar surface area (TPSA) is 70.0 Å². The molecule has 3 aromatic carbocycles. The van der Waals surface area contributed by atoms with E-state index in [9.17, 15) is 14.7 Å². The SMILES string of the molecule is O=C(O)C(c1ccccc1)N1C(=O)CN=C(c2ccccc2)c2ccccc21. The number of carbonyl (C=O) groups excluding carboxylic acids is 1. The predicted octanol–water partition coefficient (Wildman–Crippen LogP) is 3.70. The zero-order chi connectivity index (χ0) is 19.5. The van der Waals surface area contributed by atoms with Crippen molar-refractivity contribution in [2.45, 2.75) is 6.04 Å². The van der Waals surface area contributed by atoms with Crippen LogP contribution in [0.3, 0.4) is 0 Å². The molecule has 0 radical (unpaired) electrons. The Kier molecular flexibility index (Phi) is 4.72. The van der Waals surface area contributed by atoms with Gasteiger partial charge in [-0.1, -0.05) is 78.9 Å². The molecule has 0 aliphatic carbocycles. The molecule has 1 aliphatic rings. The van der Waals surface area contributed by atoms with E-state index in [0.717, 1.165) is 11.1 Å². The number of amides is 1. The number of rotatable bonds is 4. The third-order valence-corrected chi connectivity index (χ3v) is 4.71. The Balaban J connectivity index is 1.89. The quantitative estimate of drug-likeness (QED) is 0.761. The van der Waals surface area contributed by atoms with Crippen LogP contribution in [0.2, 0.25) is 0 Å². The van der Waals surface area contributed by atoms with Gasteiger partial charge in [0.15, 0.2) is 6.04 Å². The molecule has 5 heteroatoms. The van der Waals surface area contributed by atoms with Gasteiger partial charge in [0.05, 0.1) is 11.4 Å². The fraction of sp³-hybridized carbons (Fsp3) is 0.0870. The maximum Gasteiger partial charge on any atom is 0.331 e. The smallest absolute Gasteiger partial charge is 0.331 e. The fourth-order valence-electron chi connectivity index (χ4n) is 3.49. The maximum absolute atomic E-state index is 13.0. The highest BCUT2D eigenvalue weighted by atomic mass is 16.4. The Bertz CT molecular complexity index is 1050. The molecule has 3 aromatic rings. The molecule has 5 nitrogen and oxygen atoms in total. The van der Waals surface area contributed by atoms with E-state index >= 15 is 0 Å². The first-order chi connectivity index (χ1) is 13.7. The summed E-state index contributed by atoms with van der Waals surface area (Å²) in [5.41, 5.74) is 3.40. The summed E-state index contributed by atoms with van der Waals surface area (Å²) < 4.78 is 0. The number of hydrogen-bond donors (Lipinski definition) is 1. The number of fused-ring (bicyclic) bond motifs is 1. The van der Waals surface area contributed by atoms with E-state index < -0.39 is 12.0 Å². The van der Waals surface area contributed by atoms with Gasteiger partial charge in [-0.2, -0.15) is 0 Å². The van der Waals surface area contributed by atoms with Crippen molar-refractivity contribution in [1.29, 1.82) is 0 Å². The van der Waals surface area contributed by atoms with Crippen LogP contribution in [-0.4, -0.2) is 29.2 Å². The zero-order valence-corrected chi connectivity index (χ0v) is 15.0. The van der Waals surface area contributed by atoms with Gasteiger partial charge in [-0.15, -0.1) is 0 Å². The van der Waals surface area contributed by atoms with E-state index in [1.165, 1.54) is 4.90 Å². The van der Waals surface area contributed by atoms with Gasteiger partial charge >= 0.3 is 5.97 Å². The van der Waals surface area contributed by atoms with Crippen molar-refractivity contribution in [3.63, 3.8) is 0 Å². The van der Waals surface area contributed by atoms with Crippen LogP contribution < -0.4 is 4.90 Å². The third kappa shape index (κ3) is 3.18. The van der Waals surface area contributed by atoms with Crippen molar-refractivity contribution in [2.75, 3.05) is 11.4 Å². The number of carboxylic acids is 1. The summed E-state index contributed by atoms with van der Waals surface area (Å²) in [5.74, 6) is -1.44. The fourth-order valence-corrected chi connectivity index (χ4v) is 3.49. The average Bonchev–Trinajstić information content (AvgIpc) is 2.87. The highest BCUT2D eigenvalue weighted by Crippen LogP contribution is 2.33. The number of carboxylic acid groups (broad SMARTS) is 1. The second-order valence-corrected chi connectivity index (χ2v) is 6.46. The third-order valence-electron chi connectivity index (χ3n) is 4.71. The Morgan fingerprint density at radius 2 is 1.50 bits per heavy atom. The van der Waals surface area contributed by atoms with E-state index in [1.807, 2.05) is 48.5 Å². The van der Waals surface area contributed by atoms with Gasteiger partial charge in [0, 0.05) is 11.1 Å². The molecule has 1 unspecified atom stereocenters. The van der Waals surface area contributed by atoms with Crippen molar-refractivity contribution < 1.29 is 14.7 Å². The van der Waals surface area contributed by atoms with E-state index in [2.05, 4.69) is 4.99 Å². The Morgan fingerprint density at radius 1 is 0.893 bits per heavy atom. The number of nitrogens with zero attached hydrogens (tertiary/aromatic N) is 2. The first-order valence-electron chi connectivity index (χ1n) is 8.96. The maximum atomic E-state index is 13.0. The highest BCUT2D eigenvalue weighted by Gasteiger charge is 2.35. The summed E-state index contributed by atoms with van der Waals surface area (Å²) >= 11 is 0. The normalized spacial score (nSPS) is 14.6. The molecule has 0 spiro atoms. The summed E-state index contributed by atoms with van der Waals surface area (Å²) in [6.45, 7) is -0.116. The van der Waals surface area contributed by atoms with Gasteiger partial charge in [-0.3, -0.25) is 14.7 Å². The molecule has 138 valence electrons. The molecular weight excluding hydrogens is 352 g/mol. The molecule has 0 fully saturated rings. The van der Waals surface area contributed by atoms with Crippen molar-refractivity contribution >= 4 is 23.3 Å². The van der Waals surface area contributed by atoms with Crippen molar-refractivity contribution in [2.24, 2.45) is 4.99 Å². The molecule has 0 aromatic heterocycles. The first kappa shape index (κ1) is 17.7. The summed E-state index contributed by atoms with van der Waals surface area (Å²) in [6.07, 6.45) is 0. The van der Waals surface area contributed by atoms with Crippen LogP contribution in [0, 0.1) is 0 Å². The Labute approximate surface area is 162 Å². The van der Waals surface area contributed by atoms with Gasteiger partial charge in [0.25, 0.3) is 0 Å². The lowest BCUT2D eigenvalue weighted by atomic mass is 9.98. The molecule has 1 aliphatic heterocycles. The number of anilines is 1. The largest absolute Gasteiger partial charge is 0.479 e. The molecular formula is C23H18N2O3. The van der Waals surface area contributed by atoms with Gasteiger partial charge < -0.3 is 5.11 Å². The number of aliphatic imine (C=N–C) groups is 1. The van der Waals surface area contributed by atoms with E-state index in [4.69, 9.17) is 0 Å². The van der Waals surface area contributed by atoms with Crippen LogP contribution >= 0.6 is 0 Å². The van der Waals surface area contributed by atoms with Gasteiger partial charge in [-0.05, 0) is 11.6 Å². The molecule has 0 saturated carbocycles. The van der Waals surface area contributed by atoms with Crippen LogP contribution in [0.25, 0.3) is 0 Å². The summed E-state index contributed by atoms with van der Waals surface area (Å²) in [4.78, 5) is 31.1. The van der Waals surface area contributed by atoms with E-state index in [1.54, 1.807) is 36.4 Å².